The van der Waals surface area contributed by atoms with Gasteiger partial charge in [0.05, 0.1) is 5.54 Å². The van der Waals surface area contributed by atoms with Crippen LogP contribution in [0, 0.1) is 6.92 Å². The van der Waals surface area contributed by atoms with Crippen molar-refractivity contribution in [2.24, 2.45) is 0 Å². The largest absolute Gasteiger partial charge is 0.301 e. The average Bonchev–Trinajstić information content (AvgIpc) is 2.17. The minimum Gasteiger partial charge on any atom is -0.301 e. The lowest BCUT2D eigenvalue weighted by atomic mass is 9.89. The van der Waals surface area contributed by atoms with Gasteiger partial charge in [0.2, 0.25) is 0 Å². The SMILES string of the molecule is Cc1ccccc1C(C)(C=O)N(C)C. The zero-order valence-corrected chi connectivity index (χ0v) is 9.24. The van der Waals surface area contributed by atoms with Crippen molar-refractivity contribution in [3.8, 4) is 0 Å². The summed E-state index contributed by atoms with van der Waals surface area (Å²) in [5.41, 5.74) is 1.70. The van der Waals surface area contributed by atoms with Crippen LogP contribution in [0.4, 0.5) is 0 Å². The third kappa shape index (κ3) is 1.70. The monoisotopic (exact) mass is 191 g/mol. The summed E-state index contributed by atoms with van der Waals surface area (Å²) in [5.74, 6) is 0. The molecule has 1 aromatic carbocycles. The molecule has 76 valence electrons. The maximum Gasteiger partial charge on any atom is 0.144 e. The van der Waals surface area contributed by atoms with Gasteiger partial charge in [-0.15, -0.1) is 0 Å². The van der Waals surface area contributed by atoms with Crippen LogP contribution >= 0.6 is 0 Å². The Morgan fingerprint density at radius 1 is 1.29 bits per heavy atom. The summed E-state index contributed by atoms with van der Waals surface area (Å²) in [5, 5.41) is 0. The molecule has 0 heterocycles. The molecule has 1 atom stereocenters. The number of rotatable bonds is 3. The standard InChI is InChI=1S/C12H17NO/c1-10-7-5-6-8-11(10)12(2,9-14)13(3)4/h5-9H,1-4H3. The summed E-state index contributed by atoms with van der Waals surface area (Å²) in [6.45, 7) is 3.96. The van der Waals surface area contributed by atoms with Crippen LogP contribution in [-0.2, 0) is 10.3 Å². The van der Waals surface area contributed by atoms with Gasteiger partial charge in [0.25, 0.3) is 0 Å². The molecule has 1 aromatic rings. The molecule has 0 saturated carbocycles. The van der Waals surface area contributed by atoms with Gasteiger partial charge in [0, 0.05) is 0 Å². The van der Waals surface area contributed by atoms with Crippen molar-refractivity contribution in [3.05, 3.63) is 35.4 Å². The molecule has 0 amide bonds. The molecule has 0 aliphatic heterocycles. The van der Waals surface area contributed by atoms with Gasteiger partial charge >= 0.3 is 0 Å². The molecule has 0 bridgehead atoms. The molecular formula is C12H17NO. The van der Waals surface area contributed by atoms with Crippen LogP contribution in [0.5, 0.6) is 0 Å². The molecular weight excluding hydrogens is 174 g/mol. The fourth-order valence-electron chi connectivity index (χ4n) is 1.55. The molecule has 0 radical (unpaired) electrons. The Hall–Kier alpha value is -1.15. The predicted molar refractivity (Wildman–Crippen MR) is 58.3 cm³/mol. The van der Waals surface area contributed by atoms with Crippen molar-refractivity contribution < 1.29 is 4.79 Å². The quantitative estimate of drug-likeness (QED) is 0.681. The number of aldehydes is 1. The molecule has 0 N–H and O–H groups in total. The first kappa shape index (κ1) is 10.9. The van der Waals surface area contributed by atoms with Crippen LogP contribution in [-0.4, -0.2) is 25.3 Å². The van der Waals surface area contributed by atoms with Crippen LogP contribution in [0.2, 0.25) is 0 Å². The first-order chi connectivity index (χ1) is 6.52. The van der Waals surface area contributed by atoms with E-state index in [9.17, 15) is 4.79 Å². The Morgan fingerprint density at radius 3 is 2.29 bits per heavy atom. The zero-order chi connectivity index (χ0) is 10.8. The average molecular weight is 191 g/mol. The van der Waals surface area contributed by atoms with Gasteiger partial charge in [-0.25, -0.2) is 0 Å². The molecule has 2 nitrogen and oxygen atoms in total. The van der Waals surface area contributed by atoms with Gasteiger partial charge in [-0.05, 0) is 39.1 Å². The second kappa shape index (κ2) is 3.93. The Bertz CT molecular complexity index is 333. The van der Waals surface area contributed by atoms with Crippen LogP contribution in [0.25, 0.3) is 0 Å². The first-order valence-electron chi connectivity index (χ1n) is 4.72. The lowest BCUT2D eigenvalue weighted by Crippen LogP contribution is -2.40. The number of benzene rings is 1. The Morgan fingerprint density at radius 2 is 1.86 bits per heavy atom. The number of aryl methyl sites for hydroxylation is 1. The molecule has 0 fully saturated rings. The fourth-order valence-corrected chi connectivity index (χ4v) is 1.55. The van der Waals surface area contributed by atoms with E-state index in [-0.39, 0.29) is 0 Å². The summed E-state index contributed by atoms with van der Waals surface area (Å²) >= 11 is 0. The number of nitrogens with zero attached hydrogens (tertiary/aromatic N) is 1. The first-order valence-corrected chi connectivity index (χ1v) is 4.72. The van der Waals surface area contributed by atoms with Gasteiger partial charge < -0.3 is 4.79 Å². The van der Waals surface area contributed by atoms with Crippen molar-refractivity contribution in [1.82, 2.24) is 4.90 Å². The van der Waals surface area contributed by atoms with Crippen LogP contribution in [0.1, 0.15) is 18.1 Å². The Balaban J connectivity index is 3.26. The van der Waals surface area contributed by atoms with Crippen molar-refractivity contribution in [2.75, 3.05) is 14.1 Å². The normalized spacial score (nSPS) is 15.2. The van der Waals surface area contributed by atoms with E-state index in [4.69, 9.17) is 0 Å². The van der Waals surface area contributed by atoms with E-state index in [2.05, 4.69) is 0 Å². The van der Waals surface area contributed by atoms with E-state index in [1.165, 1.54) is 0 Å². The minimum atomic E-state index is -0.522. The highest BCUT2D eigenvalue weighted by molar-refractivity contribution is 5.68. The highest BCUT2D eigenvalue weighted by Crippen LogP contribution is 2.26. The fraction of sp³-hybridized carbons (Fsp3) is 0.417. The molecule has 1 rings (SSSR count). The van der Waals surface area contributed by atoms with E-state index in [1.807, 2.05) is 57.1 Å². The van der Waals surface area contributed by atoms with E-state index in [0.29, 0.717) is 0 Å². The summed E-state index contributed by atoms with van der Waals surface area (Å²) in [7, 11) is 3.84. The topological polar surface area (TPSA) is 20.3 Å². The molecule has 2 heteroatoms. The molecule has 1 unspecified atom stereocenters. The molecule has 0 saturated heterocycles. The van der Waals surface area contributed by atoms with Crippen molar-refractivity contribution in [3.63, 3.8) is 0 Å². The molecule has 0 aromatic heterocycles. The lowest BCUT2D eigenvalue weighted by Gasteiger charge is -2.32. The highest BCUT2D eigenvalue weighted by Gasteiger charge is 2.29. The third-order valence-corrected chi connectivity index (χ3v) is 2.85. The van der Waals surface area contributed by atoms with E-state index in [0.717, 1.165) is 17.4 Å². The van der Waals surface area contributed by atoms with Gasteiger partial charge in [-0.1, -0.05) is 24.3 Å². The summed E-state index contributed by atoms with van der Waals surface area (Å²) in [6, 6.07) is 7.98. The van der Waals surface area contributed by atoms with E-state index in [1.54, 1.807) is 0 Å². The Labute approximate surface area is 85.5 Å². The van der Waals surface area contributed by atoms with Gasteiger partial charge in [-0.2, -0.15) is 0 Å². The number of carbonyl (C=O) groups is 1. The minimum absolute atomic E-state index is 0.522. The molecule has 14 heavy (non-hydrogen) atoms. The number of carbonyl (C=O) groups excluding carboxylic acids is 1. The van der Waals surface area contributed by atoms with Crippen LogP contribution in [0.15, 0.2) is 24.3 Å². The maximum absolute atomic E-state index is 11.2. The summed E-state index contributed by atoms with van der Waals surface area (Å²) in [6.07, 6.45) is 0.995. The van der Waals surface area contributed by atoms with Gasteiger partial charge in [0.15, 0.2) is 0 Å². The smallest absolute Gasteiger partial charge is 0.144 e. The predicted octanol–water partition coefficient (Wildman–Crippen LogP) is 1.97. The van der Waals surface area contributed by atoms with Gasteiger partial charge in [-0.3, -0.25) is 4.90 Å². The van der Waals surface area contributed by atoms with Crippen molar-refractivity contribution >= 4 is 6.29 Å². The summed E-state index contributed by atoms with van der Waals surface area (Å²) in [4.78, 5) is 13.1. The van der Waals surface area contributed by atoms with Crippen molar-refractivity contribution in [2.45, 2.75) is 19.4 Å². The lowest BCUT2D eigenvalue weighted by molar-refractivity contribution is -0.116. The third-order valence-electron chi connectivity index (χ3n) is 2.85. The Kier molecular flexibility index (Phi) is 3.06. The second-order valence-electron chi connectivity index (χ2n) is 3.97. The van der Waals surface area contributed by atoms with Crippen LogP contribution in [0.3, 0.4) is 0 Å². The molecule has 0 spiro atoms. The second-order valence-corrected chi connectivity index (χ2v) is 3.97. The van der Waals surface area contributed by atoms with Crippen molar-refractivity contribution in [1.29, 1.82) is 0 Å². The summed E-state index contributed by atoms with van der Waals surface area (Å²) < 4.78 is 0. The molecule has 0 aliphatic carbocycles. The highest BCUT2D eigenvalue weighted by atomic mass is 16.1. The van der Waals surface area contributed by atoms with Gasteiger partial charge in [0.1, 0.15) is 6.29 Å². The number of hydrogen-bond donors (Lipinski definition) is 0. The zero-order valence-electron chi connectivity index (χ0n) is 9.24. The van der Waals surface area contributed by atoms with E-state index >= 15 is 0 Å². The molecule has 0 aliphatic rings. The van der Waals surface area contributed by atoms with Crippen LogP contribution < -0.4 is 0 Å². The van der Waals surface area contributed by atoms with E-state index < -0.39 is 5.54 Å². The number of likely N-dealkylation sites (N-methyl/N-ethyl adjacent to an activating group) is 1. The maximum atomic E-state index is 11.2. The number of hydrogen-bond acceptors (Lipinski definition) is 2.